The molecule has 0 spiro atoms. The van der Waals surface area contributed by atoms with Crippen molar-refractivity contribution in [3.05, 3.63) is 32.6 Å². The van der Waals surface area contributed by atoms with Crippen LogP contribution in [0.1, 0.15) is 10.5 Å². The molecular weight excluding hydrogens is 202 g/mol. The van der Waals surface area contributed by atoms with Crippen LogP contribution in [-0.4, -0.2) is 25.6 Å². The number of hydrogen-bond acceptors (Lipinski definition) is 3. The highest BCUT2D eigenvalue weighted by atomic mass is 16.4. The van der Waals surface area contributed by atoms with E-state index >= 15 is 0 Å². The molecule has 7 heteroatoms. The second-order valence-electron chi connectivity index (χ2n) is 3.06. The van der Waals surface area contributed by atoms with Crippen molar-refractivity contribution in [2.45, 2.75) is 0 Å². The Morgan fingerprint density at radius 2 is 2.07 bits per heavy atom. The van der Waals surface area contributed by atoms with E-state index in [-0.39, 0.29) is 16.7 Å². The third-order valence-corrected chi connectivity index (χ3v) is 2.16. The lowest BCUT2D eigenvalue weighted by molar-refractivity contribution is 0.0687. The van der Waals surface area contributed by atoms with E-state index in [1.807, 2.05) is 4.98 Å². The maximum Gasteiger partial charge on any atom is 0.352 e. The maximum absolute atomic E-state index is 11.3. The zero-order valence-electron chi connectivity index (χ0n) is 7.70. The third kappa shape index (κ3) is 1.25. The maximum atomic E-state index is 11.3. The summed E-state index contributed by atoms with van der Waals surface area (Å²) in [6, 6.07) is 1.21. The van der Waals surface area contributed by atoms with Gasteiger partial charge in [-0.2, -0.15) is 0 Å². The number of nitrogens with one attached hydrogen (secondary N) is 2. The molecule has 0 aromatic carbocycles. The summed E-state index contributed by atoms with van der Waals surface area (Å²) < 4.78 is 1.24. The van der Waals surface area contributed by atoms with Crippen LogP contribution < -0.4 is 11.2 Å². The van der Waals surface area contributed by atoms with Crippen molar-refractivity contribution in [2.75, 3.05) is 0 Å². The molecule has 0 aliphatic carbocycles. The van der Waals surface area contributed by atoms with Gasteiger partial charge in [0.25, 0.3) is 5.56 Å². The summed E-state index contributed by atoms with van der Waals surface area (Å²) in [5.41, 5.74) is -1.12. The Labute approximate surface area is 82.0 Å². The lowest BCUT2D eigenvalue weighted by Crippen LogP contribution is -2.22. The molecule has 0 fully saturated rings. The number of carbonyl (C=O) groups is 1. The second kappa shape index (κ2) is 2.84. The molecule has 2 heterocycles. The highest BCUT2D eigenvalue weighted by molar-refractivity contribution is 5.92. The lowest BCUT2D eigenvalue weighted by Gasteiger charge is -1.97. The monoisotopic (exact) mass is 209 g/mol. The van der Waals surface area contributed by atoms with Crippen LogP contribution in [0.15, 0.2) is 15.7 Å². The molecule has 0 radical (unpaired) electrons. The second-order valence-corrected chi connectivity index (χ2v) is 3.06. The van der Waals surface area contributed by atoms with Crippen molar-refractivity contribution in [2.24, 2.45) is 7.05 Å². The Bertz CT molecular complexity index is 661. The smallest absolute Gasteiger partial charge is 0.352 e. The summed E-state index contributed by atoms with van der Waals surface area (Å²) in [4.78, 5) is 37.4. The van der Waals surface area contributed by atoms with Gasteiger partial charge < -0.3 is 9.67 Å². The van der Waals surface area contributed by atoms with Gasteiger partial charge in [0, 0.05) is 7.05 Å². The number of aryl methyl sites for hydroxylation is 1. The fourth-order valence-electron chi connectivity index (χ4n) is 1.44. The highest BCUT2D eigenvalue weighted by Gasteiger charge is 2.14. The lowest BCUT2D eigenvalue weighted by atomic mass is 10.3. The summed E-state index contributed by atoms with van der Waals surface area (Å²) in [5.74, 6) is -1.16. The van der Waals surface area contributed by atoms with Crippen LogP contribution in [0.25, 0.3) is 11.0 Å². The average molecular weight is 209 g/mol. The van der Waals surface area contributed by atoms with Crippen LogP contribution in [-0.2, 0) is 7.05 Å². The number of hydrogen-bond donors (Lipinski definition) is 3. The fraction of sp³-hybridized carbons (Fsp3) is 0.125. The summed E-state index contributed by atoms with van der Waals surface area (Å²) in [7, 11) is 1.46. The number of carboxylic acid groups (broad SMARTS) is 1. The average Bonchev–Trinajstić information content (AvgIpc) is 2.44. The Hall–Kier alpha value is -2.31. The number of aromatic amines is 2. The van der Waals surface area contributed by atoms with Gasteiger partial charge in [-0.15, -0.1) is 0 Å². The molecule has 0 bridgehead atoms. The highest BCUT2D eigenvalue weighted by Crippen LogP contribution is 2.10. The largest absolute Gasteiger partial charge is 0.477 e. The molecule has 2 aromatic rings. The molecule has 0 amide bonds. The third-order valence-electron chi connectivity index (χ3n) is 2.16. The van der Waals surface area contributed by atoms with E-state index in [1.54, 1.807) is 0 Å². The van der Waals surface area contributed by atoms with Crippen LogP contribution in [0, 0.1) is 0 Å². The summed E-state index contributed by atoms with van der Waals surface area (Å²) in [5, 5.41) is 8.95. The van der Waals surface area contributed by atoms with Gasteiger partial charge >= 0.3 is 11.7 Å². The molecule has 2 aromatic heterocycles. The minimum absolute atomic E-state index is 0.0580. The first-order valence-corrected chi connectivity index (χ1v) is 4.06. The Kier molecular flexibility index (Phi) is 1.75. The van der Waals surface area contributed by atoms with Gasteiger partial charge in [-0.05, 0) is 6.07 Å². The number of H-pyrrole nitrogens is 2. The van der Waals surface area contributed by atoms with Gasteiger partial charge in [-0.25, -0.2) is 9.59 Å². The van der Waals surface area contributed by atoms with Crippen LogP contribution in [0.2, 0.25) is 0 Å². The van der Waals surface area contributed by atoms with Gasteiger partial charge in [0.05, 0.1) is 5.39 Å². The van der Waals surface area contributed by atoms with Crippen molar-refractivity contribution in [3.63, 3.8) is 0 Å². The van der Waals surface area contributed by atoms with Gasteiger partial charge in [-0.3, -0.25) is 14.8 Å². The summed E-state index contributed by atoms with van der Waals surface area (Å²) in [6.45, 7) is 0. The zero-order valence-corrected chi connectivity index (χ0v) is 7.70. The van der Waals surface area contributed by atoms with E-state index < -0.39 is 17.2 Å². The van der Waals surface area contributed by atoms with E-state index in [9.17, 15) is 14.4 Å². The summed E-state index contributed by atoms with van der Waals surface area (Å²) in [6.07, 6.45) is 0. The summed E-state index contributed by atoms with van der Waals surface area (Å²) >= 11 is 0. The molecule has 0 saturated heterocycles. The fourth-order valence-corrected chi connectivity index (χ4v) is 1.44. The van der Waals surface area contributed by atoms with E-state index in [0.717, 1.165) is 0 Å². The first kappa shape index (κ1) is 9.25. The predicted molar refractivity (Wildman–Crippen MR) is 51.1 cm³/mol. The van der Waals surface area contributed by atoms with Crippen LogP contribution >= 0.6 is 0 Å². The Balaban J connectivity index is 3.01. The van der Waals surface area contributed by atoms with Gasteiger partial charge in [0.2, 0.25) is 0 Å². The minimum atomic E-state index is -1.16. The van der Waals surface area contributed by atoms with Gasteiger partial charge in [-0.1, -0.05) is 0 Å². The van der Waals surface area contributed by atoms with Crippen LogP contribution in [0.5, 0.6) is 0 Å². The first-order valence-electron chi connectivity index (χ1n) is 4.06. The molecule has 0 atom stereocenters. The van der Waals surface area contributed by atoms with Crippen molar-refractivity contribution >= 4 is 17.0 Å². The zero-order chi connectivity index (χ0) is 11.2. The number of nitrogens with zero attached hydrogens (tertiary/aromatic N) is 1. The predicted octanol–water partition coefficient (Wildman–Crippen LogP) is -0.747. The Morgan fingerprint density at radius 1 is 1.40 bits per heavy atom. The van der Waals surface area contributed by atoms with Crippen molar-refractivity contribution in [1.82, 2.24) is 14.5 Å². The quantitative estimate of drug-likeness (QED) is 0.574. The standard InChI is InChI=1S/C8H7N3O4/c1-11-4(7(13)14)2-3-5(11)9-8(15)10-6(3)12/h2H,1H3,(H,13,14)(H2,9,10,12,15). The van der Waals surface area contributed by atoms with E-state index in [4.69, 9.17) is 5.11 Å². The molecular formula is C8H7N3O4. The van der Waals surface area contributed by atoms with Gasteiger partial charge in [0.15, 0.2) is 0 Å². The molecule has 3 N–H and O–H groups in total. The molecule has 7 nitrogen and oxygen atoms in total. The Morgan fingerprint density at radius 3 is 2.67 bits per heavy atom. The number of carboxylic acids is 1. The number of rotatable bonds is 1. The first-order chi connectivity index (χ1) is 7.00. The molecule has 0 unspecified atom stereocenters. The topological polar surface area (TPSA) is 108 Å². The number of aromatic nitrogens is 3. The van der Waals surface area contributed by atoms with Crippen molar-refractivity contribution < 1.29 is 9.90 Å². The van der Waals surface area contributed by atoms with Crippen molar-refractivity contribution in [3.8, 4) is 0 Å². The van der Waals surface area contributed by atoms with E-state index in [0.29, 0.717) is 0 Å². The molecule has 0 aliphatic heterocycles. The SMILES string of the molecule is Cn1c(C(=O)O)cc2c(=O)[nH]c(=O)[nH]c21. The van der Waals surface area contributed by atoms with E-state index in [2.05, 4.69) is 4.98 Å². The molecule has 15 heavy (non-hydrogen) atoms. The van der Waals surface area contributed by atoms with Crippen LogP contribution in [0.3, 0.4) is 0 Å². The van der Waals surface area contributed by atoms with Crippen LogP contribution in [0.4, 0.5) is 0 Å². The van der Waals surface area contributed by atoms with E-state index in [1.165, 1.54) is 17.7 Å². The molecule has 0 aliphatic rings. The van der Waals surface area contributed by atoms with Crippen molar-refractivity contribution in [1.29, 1.82) is 0 Å². The number of aromatic carboxylic acids is 1. The molecule has 2 rings (SSSR count). The van der Waals surface area contributed by atoms with Gasteiger partial charge in [0.1, 0.15) is 11.3 Å². The molecule has 0 saturated carbocycles. The molecule has 78 valence electrons. The normalized spacial score (nSPS) is 10.7. The minimum Gasteiger partial charge on any atom is -0.477 e. The number of fused-ring (bicyclic) bond motifs is 1.